The van der Waals surface area contributed by atoms with Crippen molar-refractivity contribution in [2.75, 3.05) is 0 Å². The van der Waals surface area contributed by atoms with Crippen molar-refractivity contribution in [1.29, 1.82) is 0 Å². The number of unbranched alkanes of at least 4 members (excludes halogenated alkanes) is 4. The molecule has 4 bridgehead atoms. The van der Waals surface area contributed by atoms with Crippen molar-refractivity contribution in [2.24, 2.45) is 29.1 Å². The van der Waals surface area contributed by atoms with Crippen molar-refractivity contribution in [2.45, 2.75) is 84.0 Å². The first-order valence-electron chi connectivity index (χ1n) is 13.9. The lowest BCUT2D eigenvalue weighted by atomic mass is 9.46. The van der Waals surface area contributed by atoms with Crippen LogP contribution in [0.2, 0.25) is 0 Å². The van der Waals surface area contributed by atoms with Crippen LogP contribution in [0.25, 0.3) is 11.6 Å². The minimum absolute atomic E-state index is 0.0703. The first kappa shape index (κ1) is 24.3. The standard InChI is InChI=1S/C32H40O3/c1-3-5-6-7-8-10-28-29(32-18-21-15-22(19-32)17-23(16-21)20-32)14-13-26(30(28)33)25-11-9-12-27(31(34)35)24(25)4-2/h4,9,11-14,21-23,28H,2-3,5-8,10,15-20H2,1H3,(H,34,35). The fraction of sp³-hybridized carbons (Fsp3) is 0.562. The molecule has 0 radical (unpaired) electrons. The molecule has 6 rings (SSSR count). The van der Waals surface area contributed by atoms with Crippen LogP contribution in [0.3, 0.4) is 0 Å². The van der Waals surface area contributed by atoms with Crippen molar-refractivity contribution in [3.63, 3.8) is 0 Å². The van der Waals surface area contributed by atoms with Crippen LogP contribution in [-0.2, 0) is 4.79 Å². The Morgan fingerprint density at radius 2 is 1.69 bits per heavy atom. The summed E-state index contributed by atoms with van der Waals surface area (Å²) in [4.78, 5) is 26.0. The van der Waals surface area contributed by atoms with E-state index in [9.17, 15) is 14.7 Å². The number of aromatic carboxylic acids is 1. The Morgan fingerprint density at radius 1 is 1.03 bits per heavy atom. The molecular weight excluding hydrogens is 432 g/mol. The molecule has 4 saturated carbocycles. The topological polar surface area (TPSA) is 54.4 Å². The smallest absolute Gasteiger partial charge is 0.336 e. The Bertz CT molecular complexity index is 1040. The summed E-state index contributed by atoms with van der Waals surface area (Å²) in [5.74, 6) is 1.66. The van der Waals surface area contributed by atoms with Crippen molar-refractivity contribution in [3.8, 4) is 0 Å². The summed E-state index contributed by atoms with van der Waals surface area (Å²) >= 11 is 0. The van der Waals surface area contributed by atoms with Gasteiger partial charge >= 0.3 is 5.97 Å². The van der Waals surface area contributed by atoms with E-state index in [0.717, 1.165) is 30.6 Å². The second kappa shape index (κ2) is 9.91. The lowest BCUT2D eigenvalue weighted by Gasteiger charge is -2.59. The zero-order chi connectivity index (χ0) is 24.6. The van der Waals surface area contributed by atoms with Gasteiger partial charge in [0.05, 0.1) is 5.56 Å². The highest BCUT2D eigenvalue weighted by Crippen LogP contribution is 2.64. The lowest BCUT2D eigenvalue weighted by molar-refractivity contribution is -0.118. The minimum Gasteiger partial charge on any atom is -0.478 e. The molecule has 5 aliphatic carbocycles. The predicted molar refractivity (Wildman–Crippen MR) is 142 cm³/mol. The summed E-state index contributed by atoms with van der Waals surface area (Å²) < 4.78 is 0. The van der Waals surface area contributed by atoms with Crippen molar-refractivity contribution in [3.05, 3.63) is 59.2 Å². The molecule has 1 N–H and O–H groups in total. The van der Waals surface area contributed by atoms with Crippen LogP contribution >= 0.6 is 0 Å². The van der Waals surface area contributed by atoms with Gasteiger partial charge in [-0.25, -0.2) is 4.79 Å². The Morgan fingerprint density at radius 3 is 2.29 bits per heavy atom. The molecule has 0 amide bonds. The number of hydrogen-bond acceptors (Lipinski definition) is 2. The van der Waals surface area contributed by atoms with Crippen molar-refractivity contribution >= 4 is 23.4 Å². The molecule has 0 aromatic heterocycles. The number of carbonyl (C=O) groups is 2. The van der Waals surface area contributed by atoms with Crippen LogP contribution in [0, 0.1) is 29.1 Å². The molecule has 0 heterocycles. The number of hydrogen-bond donors (Lipinski definition) is 1. The SMILES string of the molecule is C=Cc1c(C(=O)O)cccc1C1=CC=C(C23CC4CC(CC(C4)C2)C3)C(CCCCCCC)C1=O. The highest BCUT2D eigenvalue weighted by atomic mass is 16.4. The first-order chi connectivity index (χ1) is 17.0. The lowest BCUT2D eigenvalue weighted by Crippen LogP contribution is -2.49. The van der Waals surface area contributed by atoms with E-state index in [1.165, 1.54) is 69.8 Å². The van der Waals surface area contributed by atoms with Crippen LogP contribution in [0.4, 0.5) is 0 Å². The maximum Gasteiger partial charge on any atom is 0.336 e. The quantitative estimate of drug-likeness (QED) is 0.350. The van der Waals surface area contributed by atoms with Crippen molar-refractivity contribution < 1.29 is 14.7 Å². The first-order valence-corrected chi connectivity index (χ1v) is 13.9. The number of allylic oxidation sites excluding steroid dienone is 4. The normalized spacial score (nSPS) is 31.3. The Balaban J connectivity index is 1.52. The highest BCUT2D eigenvalue weighted by molar-refractivity contribution is 6.25. The molecule has 0 spiro atoms. The van der Waals surface area contributed by atoms with Gasteiger partial charge in [-0.15, -0.1) is 0 Å². The van der Waals surface area contributed by atoms with Crippen LogP contribution in [0.5, 0.6) is 0 Å². The molecule has 0 saturated heterocycles. The summed E-state index contributed by atoms with van der Waals surface area (Å²) in [6.45, 7) is 6.11. The number of benzene rings is 1. The van der Waals surface area contributed by atoms with Crippen LogP contribution in [0.1, 0.15) is 105 Å². The number of ketones is 1. The van der Waals surface area contributed by atoms with Gasteiger partial charge in [-0.2, -0.15) is 0 Å². The number of Topliss-reactive ketones (excluding diaryl/α,β-unsaturated/α-hetero) is 1. The predicted octanol–water partition coefficient (Wildman–Crippen LogP) is 8.11. The molecule has 186 valence electrons. The third-order valence-corrected chi connectivity index (χ3v) is 9.46. The number of carbonyl (C=O) groups excluding carboxylic acids is 1. The molecule has 5 aliphatic rings. The van der Waals surface area contributed by atoms with Gasteiger partial charge in [0.25, 0.3) is 0 Å². The van der Waals surface area contributed by atoms with Gasteiger partial charge in [0.1, 0.15) is 0 Å². The zero-order valence-electron chi connectivity index (χ0n) is 21.2. The van der Waals surface area contributed by atoms with Gasteiger partial charge in [-0.3, -0.25) is 4.79 Å². The van der Waals surface area contributed by atoms with Crippen molar-refractivity contribution in [1.82, 2.24) is 0 Å². The van der Waals surface area contributed by atoms with E-state index in [1.807, 2.05) is 12.1 Å². The van der Waals surface area contributed by atoms with Gasteiger partial charge in [0.15, 0.2) is 5.78 Å². The molecule has 1 aromatic rings. The van der Waals surface area contributed by atoms with Crippen LogP contribution in [0.15, 0.2) is 42.5 Å². The third kappa shape index (κ3) is 4.47. The summed E-state index contributed by atoms with van der Waals surface area (Å²) in [5.41, 5.74) is 3.75. The van der Waals surface area contributed by atoms with Gasteiger partial charge in [0, 0.05) is 11.5 Å². The van der Waals surface area contributed by atoms with E-state index in [4.69, 9.17) is 0 Å². The monoisotopic (exact) mass is 472 g/mol. The molecule has 4 fully saturated rings. The summed E-state index contributed by atoms with van der Waals surface area (Å²) in [6, 6.07) is 5.23. The number of carboxylic acids is 1. The Labute approximate surface area is 210 Å². The second-order valence-corrected chi connectivity index (χ2v) is 11.8. The van der Waals surface area contributed by atoms with E-state index in [1.54, 1.807) is 18.2 Å². The maximum atomic E-state index is 14.2. The fourth-order valence-electron chi connectivity index (χ4n) is 8.38. The van der Waals surface area contributed by atoms with Gasteiger partial charge < -0.3 is 5.11 Å². The van der Waals surface area contributed by atoms with E-state index in [0.29, 0.717) is 16.7 Å². The third-order valence-electron chi connectivity index (χ3n) is 9.46. The molecule has 3 nitrogen and oxygen atoms in total. The van der Waals surface area contributed by atoms with E-state index < -0.39 is 5.97 Å². The fourth-order valence-corrected chi connectivity index (χ4v) is 8.38. The highest BCUT2D eigenvalue weighted by Gasteiger charge is 2.54. The average Bonchev–Trinajstić information content (AvgIpc) is 2.83. The van der Waals surface area contributed by atoms with E-state index >= 15 is 0 Å². The molecule has 3 heteroatoms. The molecule has 0 aliphatic heterocycles. The Hall–Kier alpha value is -2.42. The van der Waals surface area contributed by atoms with E-state index in [-0.39, 0.29) is 22.7 Å². The molecule has 1 unspecified atom stereocenters. The average molecular weight is 473 g/mol. The van der Waals surface area contributed by atoms with E-state index in [2.05, 4.69) is 19.6 Å². The van der Waals surface area contributed by atoms with Crippen LogP contribution < -0.4 is 0 Å². The Kier molecular flexibility index (Phi) is 6.88. The minimum atomic E-state index is -0.983. The number of carboxylic acid groups (broad SMARTS) is 1. The second-order valence-electron chi connectivity index (χ2n) is 11.8. The summed E-state index contributed by atoms with van der Waals surface area (Å²) in [5, 5.41) is 9.70. The van der Waals surface area contributed by atoms with Gasteiger partial charge in [-0.05, 0) is 85.3 Å². The molecular formula is C32H40O3. The summed E-state index contributed by atoms with van der Waals surface area (Å²) in [7, 11) is 0. The molecule has 35 heavy (non-hydrogen) atoms. The van der Waals surface area contributed by atoms with Gasteiger partial charge in [0.2, 0.25) is 0 Å². The maximum absolute atomic E-state index is 14.2. The van der Waals surface area contributed by atoms with Crippen LogP contribution in [-0.4, -0.2) is 16.9 Å². The zero-order valence-corrected chi connectivity index (χ0v) is 21.2. The summed E-state index contributed by atoms with van der Waals surface area (Å²) in [6.07, 6.45) is 20.8. The molecule has 1 atom stereocenters. The molecule has 1 aromatic carbocycles. The largest absolute Gasteiger partial charge is 0.478 e. The van der Waals surface area contributed by atoms with Gasteiger partial charge in [-0.1, -0.05) is 81.5 Å². The number of rotatable bonds is 10.